The Morgan fingerprint density at radius 2 is 1.96 bits per heavy atom. The first-order valence-electron chi connectivity index (χ1n) is 8.71. The Bertz CT molecular complexity index is 1040. The first-order chi connectivity index (χ1) is 13.2. The molecule has 0 amide bonds. The van der Waals surface area contributed by atoms with Crippen LogP contribution in [0, 0.1) is 13.8 Å². The van der Waals surface area contributed by atoms with E-state index in [2.05, 4.69) is 15.3 Å². The van der Waals surface area contributed by atoms with Gasteiger partial charge in [0.05, 0.1) is 6.54 Å². The van der Waals surface area contributed by atoms with Gasteiger partial charge in [0.15, 0.2) is 11.5 Å². The molecule has 148 valence electrons. The van der Waals surface area contributed by atoms with E-state index in [1.807, 2.05) is 17.9 Å². The average Bonchev–Trinajstić information content (AvgIpc) is 3.24. The second-order valence-electron chi connectivity index (χ2n) is 6.76. The maximum atomic E-state index is 13.2. The lowest BCUT2D eigenvalue weighted by Crippen LogP contribution is -2.27. The molecule has 0 N–H and O–H groups in total. The summed E-state index contributed by atoms with van der Waals surface area (Å²) in [4.78, 5) is 1.93. The van der Waals surface area contributed by atoms with Gasteiger partial charge in [0.2, 0.25) is 0 Å². The number of fused-ring (bicyclic) bond motifs is 1. The van der Waals surface area contributed by atoms with Gasteiger partial charge in [0.1, 0.15) is 11.9 Å². The summed E-state index contributed by atoms with van der Waals surface area (Å²) in [6.07, 6.45) is -4.02. The summed E-state index contributed by atoms with van der Waals surface area (Å²) >= 11 is 5.98. The van der Waals surface area contributed by atoms with E-state index in [1.165, 1.54) is 0 Å². The van der Waals surface area contributed by atoms with Crippen LogP contribution >= 0.6 is 11.6 Å². The van der Waals surface area contributed by atoms with Crippen LogP contribution in [-0.2, 0) is 6.18 Å². The fourth-order valence-corrected chi connectivity index (χ4v) is 3.52. The monoisotopic (exact) mass is 411 g/mol. The van der Waals surface area contributed by atoms with Crippen molar-refractivity contribution in [3.8, 4) is 5.75 Å². The molecule has 0 aliphatic carbocycles. The summed E-state index contributed by atoms with van der Waals surface area (Å²) in [6, 6.07) is 7.12. The number of aromatic nitrogens is 4. The van der Waals surface area contributed by atoms with Crippen molar-refractivity contribution in [2.24, 2.45) is 0 Å². The highest BCUT2D eigenvalue weighted by atomic mass is 35.5. The summed E-state index contributed by atoms with van der Waals surface area (Å²) in [5.74, 6) is 0.0131. The smallest absolute Gasteiger partial charge is 0.453 e. The maximum Gasteiger partial charge on any atom is 0.453 e. The Morgan fingerprint density at radius 3 is 2.68 bits per heavy atom. The van der Waals surface area contributed by atoms with E-state index in [-0.39, 0.29) is 11.8 Å². The molecule has 0 saturated carbocycles. The van der Waals surface area contributed by atoms with Crippen molar-refractivity contribution in [1.29, 1.82) is 0 Å². The Labute approximate surface area is 163 Å². The van der Waals surface area contributed by atoms with Crippen molar-refractivity contribution in [2.75, 3.05) is 18.0 Å². The summed E-state index contributed by atoms with van der Waals surface area (Å²) in [7, 11) is 0. The Hall–Kier alpha value is -2.55. The summed E-state index contributed by atoms with van der Waals surface area (Å²) in [6.45, 7) is 4.67. The number of ether oxygens (including phenoxy) is 1. The molecule has 1 saturated heterocycles. The largest absolute Gasteiger partial charge is 0.488 e. The molecule has 0 radical (unpaired) electrons. The zero-order valence-electron chi connectivity index (χ0n) is 15.2. The van der Waals surface area contributed by atoms with Crippen molar-refractivity contribution < 1.29 is 17.9 Å². The van der Waals surface area contributed by atoms with Crippen molar-refractivity contribution in [1.82, 2.24) is 19.8 Å². The van der Waals surface area contributed by atoms with Gasteiger partial charge in [-0.05, 0) is 32.0 Å². The number of hydrogen-bond acceptors (Lipinski definition) is 5. The molecule has 3 aromatic rings. The van der Waals surface area contributed by atoms with E-state index in [9.17, 15) is 13.2 Å². The molecule has 4 rings (SSSR count). The van der Waals surface area contributed by atoms with Gasteiger partial charge < -0.3 is 9.64 Å². The molecule has 0 bridgehead atoms. The van der Waals surface area contributed by atoms with E-state index < -0.39 is 12.0 Å². The van der Waals surface area contributed by atoms with Crippen LogP contribution in [0.5, 0.6) is 5.75 Å². The quantitative estimate of drug-likeness (QED) is 0.650. The van der Waals surface area contributed by atoms with Crippen molar-refractivity contribution in [3.05, 3.63) is 46.2 Å². The van der Waals surface area contributed by atoms with Crippen molar-refractivity contribution in [3.63, 3.8) is 0 Å². The molecule has 0 spiro atoms. The minimum atomic E-state index is -4.63. The number of alkyl halides is 3. The minimum Gasteiger partial charge on any atom is -0.488 e. The molecular weight excluding hydrogens is 395 g/mol. The molecule has 3 heterocycles. The highest BCUT2D eigenvalue weighted by molar-refractivity contribution is 6.30. The van der Waals surface area contributed by atoms with Gasteiger partial charge >= 0.3 is 6.18 Å². The van der Waals surface area contributed by atoms with E-state index >= 15 is 0 Å². The van der Waals surface area contributed by atoms with Gasteiger partial charge in [-0.2, -0.15) is 17.7 Å². The average molecular weight is 412 g/mol. The molecule has 1 aliphatic heterocycles. The van der Waals surface area contributed by atoms with Gasteiger partial charge in [-0.3, -0.25) is 0 Å². The zero-order chi connectivity index (χ0) is 20.1. The predicted molar refractivity (Wildman–Crippen MR) is 98.0 cm³/mol. The molecule has 28 heavy (non-hydrogen) atoms. The third kappa shape index (κ3) is 3.34. The second-order valence-corrected chi connectivity index (χ2v) is 7.20. The number of hydrogen-bond donors (Lipinski definition) is 0. The van der Waals surface area contributed by atoms with Crippen LogP contribution < -0.4 is 9.64 Å². The molecule has 1 aliphatic rings. The van der Waals surface area contributed by atoms with Gasteiger partial charge in [0.25, 0.3) is 5.82 Å². The number of benzene rings is 1. The highest BCUT2D eigenvalue weighted by Crippen LogP contribution is 2.32. The lowest BCUT2D eigenvalue weighted by atomic mass is 10.2. The lowest BCUT2D eigenvalue weighted by molar-refractivity contribution is -0.146. The second kappa shape index (κ2) is 6.80. The molecule has 1 aromatic carbocycles. The van der Waals surface area contributed by atoms with E-state index in [0.717, 1.165) is 16.5 Å². The fourth-order valence-electron chi connectivity index (χ4n) is 3.34. The summed E-state index contributed by atoms with van der Waals surface area (Å²) in [5, 5.41) is 11.8. The highest BCUT2D eigenvalue weighted by Gasteiger charge is 2.38. The number of halogens is 4. The normalized spacial score (nSPS) is 17.5. The molecule has 2 aromatic heterocycles. The van der Waals surface area contributed by atoms with Crippen LogP contribution in [0.15, 0.2) is 24.3 Å². The predicted octanol–water partition coefficient (Wildman–Crippen LogP) is 4.07. The Balaban J connectivity index is 1.63. The zero-order valence-corrected chi connectivity index (χ0v) is 15.9. The van der Waals surface area contributed by atoms with E-state index in [4.69, 9.17) is 16.3 Å². The van der Waals surface area contributed by atoms with Crippen LogP contribution in [0.1, 0.15) is 23.4 Å². The summed E-state index contributed by atoms with van der Waals surface area (Å²) in [5.41, 5.74) is 1.50. The SMILES string of the molecule is Cc1c(N2CCC(Oc3cccc(Cl)c3)C2)nn2c(C(F)(F)F)nnc2c1C. The van der Waals surface area contributed by atoms with Gasteiger partial charge in [-0.15, -0.1) is 15.3 Å². The van der Waals surface area contributed by atoms with E-state index in [1.54, 1.807) is 25.1 Å². The first kappa shape index (κ1) is 18.8. The standard InChI is InChI=1S/C18H17ClF3N5O/c1-10-11(2)16(25-27-15(10)23-24-17(27)18(20,21)22)26-7-6-14(9-26)28-13-5-3-4-12(19)8-13/h3-5,8,14H,6-7,9H2,1-2H3. The van der Waals surface area contributed by atoms with Crippen LogP contribution in [0.3, 0.4) is 0 Å². The molecule has 6 nitrogen and oxygen atoms in total. The van der Waals surface area contributed by atoms with Crippen LogP contribution in [-0.4, -0.2) is 39.0 Å². The topological polar surface area (TPSA) is 55.5 Å². The van der Waals surface area contributed by atoms with Gasteiger partial charge in [-0.1, -0.05) is 17.7 Å². The number of aryl methyl sites for hydroxylation is 1. The van der Waals surface area contributed by atoms with E-state index in [0.29, 0.717) is 35.2 Å². The number of rotatable bonds is 3. The van der Waals surface area contributed by atoms with Crippen LogP contribution in [0.4, 0.5) is 19.0 Å². The third-order valence-electron chi connectivity index (χ3n) is 4.87. The fraction of sp³-hybridized carbons (Fsp3) is 0.389. The van der Waals surface area contributed by atoms with Crippen LogP contribution in [0.2, 0.25) is 5.02 Å². The van der Waals surface area contributed by atoms with Crippen molar-refractivity contribution in [2.45, 2.75) is 32.5 Å². The minimum absolute atomic E-state index is 0.111. The third-order valence-corrected chi connectivity index (χ3v) is 5.10. The van der Waals surface area contributed by atoms with Crippen LogP contribution in [0.25, 0.3) is 5.65 Å². The Morgan fingerprint density at radius 1 is 1.18 bits per heavy atom. The molecular formula is C18H17ClF3N5O. The maximum absolute atomic E-state index is 13.2. The first-order valence-corrected chi connectivity index (χ1v) is 9.09. The Kier molecular flexibility index (Phi) is 4.57. The van der Waals surface area contributed by atoms with Gasteiger partial charge in [0, 0.05) is 29.1 Å². The summed E-state index contributed by atoms with van der Waals surface area (Å²) < 4.78 is 46.4. The number of nitrogens with zero attached hydrogens (tertiary/aromatic N) is 5. The molecule has 10 heteroatoms. The van der Waals surface area contributed by atoms with Gasteiger partial charge in [-0.25, -0.2) is 0 Å². The molecule has 1 fully saturated rings. The molecule has 1 unspecified atom stereocenters. The number of anilines is 1. The lowest BCUT2D eigenvalue weighted by Gasteiger charge is -2.21. The van der Waals surface area contributed by atoms with Crippen molar-refractivity contribution >= 4 is 23.1 Å². The molecule has 1 atom stereocenters.